The smallest absolute Gasteiger partial charge is 0.226 e. The second kappa shape index (κ2) is 8.69. The van der Waals surface area contributed by atoms with Gasteiger partial charge in [-0.15, -0.1) is 0 Å². The SMILES string of the molecule is C=C(C[C@@H](C)CCC(=C)C(C)C)c1cccc2c1CB(C=O)[C@@H](C)C2. The highest BCUT2D eigenvalue weighted by atomic mass is 16.1. The van der Waals surface area contributed by atoms with E-state index in [9.17, 15) is 4.79 Å². The molecule has 25 heavy (non-hydrogen) atoms. The Hall–Kier alpha value is -1.57. The Morgan fingerprint density at radius 3 is 2.68 bits per heavy atom. The van der Waals surface area contributed by atoms with E-state index in [0.29, 0.717) is 17.7 Å². The molecule has 0 saturated carbocycles. The Labute approximate surface area is 154 Å². The van der Waals surface area contributed by atoms with E-state index in [4.69, 9.17) is 0 Å². The highest BCUT2D eigenvalue weighted by Crippen LogP contribution is 2.34. The van der Waals surface area contributed by atoms with Crippen molar-refractivity contribution < 1.29 is 4.79 Å². The zero-order chi connectivity index (χ0) is 18.6. The van der Waals surface area contributed by atoms with Crippen LogP contribution in [-0.4, -0.2) is 12.9 Å². The van der Waals surface area contributed by atoms with Gasteiger partial charge in [0, 0.05) is 0 Å². The quantitative estimate of drug-likeness (QED) is 0.323. The average Bonchev–Trinajstić information content (AvgIpc) is 2.58. The van der Waals surface area contributed by atoms with Crippen LogP contribution in [0.5, 0.6) is 0 Å². The van der Waals surface area contributed by atoms with E-state index in [1.165, 1.54) is 34.3 Å². The number of benzene rings is 1. The molecule has 0 aliphatic carbocycles. The molecule has 1 heterocycles. The monoisotopic (exact) mass is 336 g/mol. The highest BCUT2D eigenvalue weighted by Gasteiger charge is 2.30. The summed E-state index contributed by atoms with van der Waals surface area (Å²) in [6.45, 7) is 17.7. The molecule has 1 nitrogen and oxygen atoms in total. The van der Waals surface area contributed by atoms with Crippen molar-refractivity contribution in [1.82, 2.24) is 0 Å². The van der Waals surface area contributed by atoms with Crippen LogP contribution in [0.4, 0.5) is 0 Å². The fourth-order valence-corrected chi connectivity index (χ4v) is 3.87. The molecule has 0 bridgehead atoms. The van der Waals surface area contributed by atoms with Gasteiger partial charge in [0.15, 0.2) is 0 Å². The maximum atomic E-state index is 11.4. The molecule has 1 aromatic rings. The van der Waals surface area contributed by atoms with Crippen LogP contribution in [0.2, 0.25) is 5.82 Å². The van der Waals surface area contributed by atoms with E-state index in [0.717, 1.165) is 31.8 Å². The third kappa shape index (κ3) is 4.97. The molecule has 2 heteroatoms. The zero-order valence-corrected chi connectivity index (χ0v) is 16.5. The van der Waals surface area contributed by atoms with Crippen LogP contribution >= 0.6 is 0 Å². The summed E-state index contributed by atoms with van der Waals surface area (Å²) in [5.74, 6) is 1.61. The minimum absolute atomic E-state index is 0.147. The molecule has 0 amide bonds. The summed E-state index contributed by atoms with van der Waals surface area (Å²) in [6, 6.07) is 6.57. The summed E-state index contributed by atoms with van der Waals surface area (Å²) >= 11 is 0. The van der Waals surface area contributed by atoms with Gasteiger partial charge in [0.25, 0.3) is 0 Å². The van der Waals surface area contributed by atoms with Crippen molar-refractivity contribution in [1.29, 1.82) is 0 Å². The summed E-state index contributed by atoms with van der Waals surface area (Å²) in [4.78, 5) is 11.4. The van der Waals surface area contributed by atoms with Gasteiger partial charge in [-0.3, -0.25) is 0 Å². The predicted octanol–water partition coefficient (Wildman–Crippen LogP) is 6.01. The second-order valence-corrected chi connectivity index (χ2v) is 8.39. The number of hydrogen-bond acceptors (Lipinski definition) is 1. The topological polar surface area (TPSA) is 17.1 Å². The van der Waals surface area contributed by atoms with Gasteiger partial charge in [0.05, 0.1) is 6.19 Å². The lowest BCUT2D eigenvalue weighted by Crippen LogP contribution is -2.31. The predicted molar refractivity (Wildman–Crippen MR) is 112 cm³/mol. The lowest BCUT2D eigenvalue weighted by Gasteiger charge is -2.28. The summed E-state index contributed by atoms with van der Waals surface area (Å²) in [6.07, 6.45) is 6.30. The van der Waals surface area contributed by atoms with E-state index in [1.54, 1.807) is 0 Å². The molecule has 1 aliphatic rings. The third-order valence-electron chi connectivity index (χ3n) is 5.91. The third-order valence-corrected chi connectivity index (χ3v) is 5.91. The van der Waals surface area contributed by atoms with Crippen LogP contribution in [-0.2, 0) is 17.5 Å². The number of allylic oxidation sites excluding steroid dienone is 2. The van der Waals surface area contributed by atoms with Crippen LogP contribution in [0.15, 0.2) is 36.9 Å². The van der Waals surface area contributed by atoms with Crippen LogP contribution < -0.4 is 0 Å². The minimum Gasteiger partial charge on any atom is -0.315 e. The Bertz CT molecular complexity index is 643. The fourth-order valence-electron chi connectivity index (χ4n) is 3.87. The molecule has 0 unspecified atom stereocenters. The van der Waals surface area contributed by atoms with Crippen LogP contribution in [0, 0.1) is 11.8 Å². The average molecular weight is 336 g/mol. The molecule has 0 saturated heterocycles. The number of carbonyl (C=O) groups is 1. The summed E-state index contributed by atoms with van der Waals surface area (Å²) in [5, 5.41) is 0. The van der Waals surface area contributed by atoms with Crippen molar-refractivity contribution in [2.24, 2.45) is 11.8 Å². The molecule has 1 aromatic carbocycles. The van der Waals surface area contributed by atoms with E-state index in [-0.39, 0.29) is 6.71 Å². The van der Waals surface area contributed by atoms with Gasteiger partial charge in [-0.25, -0.2) is 0 Å². The molecule has 0 fully saturated rings. The van der Waals surface area contributed by atoms with Crippen molar-refractivity contribution >= 4 is 18.5 Å². The Morgan fingerprint density at radius 1 is 1.32 bits per heavy atom. The van der Waals surface area contributed by atoms with Crippen molar-refractivity contribution in [2.45, 2.75) is 65.5 Å². The van der Waals surface area contributed by atoms with E-state index in [2.05, 4.69) is 59.1 Å². The van der Waals surface area contributed by atoms with Crippen molar-refractivity contribution in [3.63, 3.8) is 0 Å². The first-order chi connectivity index (χ1) is 11.8. The second-order valence-electron chi connectivity index (χ2n) is 8.39. The van der Waals surface area contributed by atoms with E-state index < -0.39 is 0 Å². The van der Waals surface area contributed by atoms with Crippen LogP contribution in [0.25, 0.3) is 5.57 Å². The lowest BCUT2D eigenvalue weighted by atomic mass is 9.36. The van der Waals surface area contributed by atoms with Gasteiger partial charge in [-0.05, 0) is 66.1 Å². The van der Waals surface area contributed by atoms with Crippen LogP contribution in [0.3, 0.4) is 0 Å². The molecular weight excluding hydrogens is 303 g/mol. The number of carbonyl (C=O) groups excluding carboxylic acids is 1. The van der Waals surface area contributed by atoms with Gasteiger partial charge in [0.2, 0.25) is 6.71 Å². The van der Waals surface area contributed by atoms with E-state index >= 15 is 0 Å². The summed E-state index contributed by atoms with van der Waals surface area (Å²) in [7, 11) is 0. The first-order valence-electron chi connectivity index (χ1n) is 9.75. The van der Waals surface area contributed by atoms with Gasteiger partial charge in [-0.2, -0.15) is 0 Å². The molecule has 0 spiro atoms. The summed E-state index contributed by atoms with van der Waals surface area (Å²) in [5.41, 5.74) is 6.62. The van der Waals surface area contributed by atoms with Crippen molar-refractivity contribution in [3.8, 4) is 0 Å². The number of hydrogen-bond donors (Lipinski definition) is 0. The number of fused-ring (bicyclic) bond motifs is 1. The van der Waals surface area contributed by atoms with Gasteiger partial charge in [0.1, 0.15) is 0 Å². The molecule has 0 radical (unpaired) electrons. The lowest BCUT2D eigenvalue weighted by molar-refractivity contribution is 0.529. The first kappa shape index (κ1) is 19.8. The number of rotatable bonds is 8. The summed E-state index contributed by atoms with van der Waals surface area (Å²) < 4.78 is 0. The molecular formula is C23H33BO. The van der Waals surface area contributed by atoms with Gasteiger partial charge in [-0.1, -0.05) is 70.4 Å². The highest BCUT2D eigenvalue weighted by molar-refractivity contribution is 6.85. The van der Waals surface area contributed by atoms with E-state index in [1.807, 2.05) is 0 Å². The van der Waals surface area contributed by atoms with Crippen LogP contribution in [0.1, 0.15) is 63.6 Å². The van der Waals surface area contributed by atoms with Gasteiger partial charge < -0.3 is 4.79 Å². The van der Waals surface area contributed by atoms with Crippen molar-refractivity contribution in [3.05, 3.63) is 53.6 Å². The van der Waals surface area contributed by atoms with Gasteiger partial charge >= 0.3 is 0 Å². The molecule has 0 aromatic heterocycles. The molecule has 2 atom stereocenters. The maximum Gasteiger partial charge on any atom is 0.226 e. The normalized spacial score (nSPS) is 18.0. The molecule has 134 valence electrons. The Morgan fingerprint density at radius 2 is 2.04 bits per heavy atom. The molecule has 1 aliphatic heterocycles. The Kier molecular flexibility index (Phi) is 6.87. The largest absolute Gasteiger partial charge is 0.315 e. The maximum absolute atomic E-state index is 11.4. The molecule has 0 N–H and O–H groups in total. The first-order valence-corrected chi connectivity index (χ1v) is 9.75. The van der Waals surface area contributed by atoms with Crippen molar-refractivity contribution in [2.75, 3.05) is 0 Å². The molecule has 2 rings (SSSR count). The Balaban J connectivity index is 2.06. The zero-order valence-electron chi connectivity index (χ0n) is 16.5. The minimum atomic E-state index is 0.147. The fraction of sp³-hybridized carbons (Fsp3) is 0.522. The standard InChI is InChI=1S/C23H33BO/c1-16(2)18(4)11-10-17(3)12-19(5)22-9-7-8-21-13-20(6)24(15-25)14-23(21)22/h7-9,15-17,20H,4-5,10-14H2,1-3,6H3/t17-,20-/m0/s1.